The van der Waals surface area contributed by atoms with Gasteiger partial charge in [-0.05, 0) is 56.0 Å². The van der Waals surface area contributed by atoms with E-state index in [0.29, 0.717) is 6.42 Å². The van der Waals surface area contributed by atoms with Crippen LogP contribution in [0.15, 0.2) is 35.0 Å². The van der Waals surface area contributed by atoms with E-state index in [0.717, 1.165) is 19.3 Å². The molecule has 6 heteroatoms. The summed E-state index contributed by atoms with van der Waals surface area (Å²) in [6.45, 7) is 4.15. The van der Waals surface area contributed by atoms with Gasteiger partial charge in [0.2, 0.25) is 11.8 Å². The SMILES string of the molecule is CC(c1cccs1)N(C)C(=O)C1CCCC(C(=O)N(C)C(C)c2cccs2)C1. The maximum absolute atomic E-state index is 13.1. The molecule has 2 heterocycles. The second kappa shape index (κ2) is 9.23. The third-order valence-corrected chi connectivity index (χ3v) is 8.22. The van der Waals surface area contributed by atoms with Crippen molar-refractivity contribution in [2.24, 2.45) is 11.8 Å². The summed E-state index contributed by atoms with van der Waals surface area (Å²) in [7, 11) is 3.78. The van der Waals surface area contributed by atoms with Crippen molar-refractivity contribution in [1.29, 1.82) is 0 Å². The summed E-state index contributed by atoms with van der Waals surface area (Å²) < 4.78 is 0. The van der Waals surface area contributed by atoms with Gasteiger partial charge in [0.1, 0.15) is 0 Å². The molecule has 0 saturated heterocycles. The predicted octanol–water partition coefficient (Wildman–Crippen LogP) is 5.36. The van der Waals surface area contributed by atoms with Crippen molar-refractivity contribution in [3.05, 3.63) is 44.8 Å². The summed E-state index contributed by atoms with van der Waals surface area (Å²) in [6, 6.07) is 8.35. The van der Waals surface area contributed by atoms with Crippen molar-refractivity contribution < 1.29 is 9.59 Å². The number of hydrogen-bond acceptors (Lipinski definition) is 4. The van der Waals surface area contributed by atoms with Crippen molar-refractivity contribution in [2.45, 2.75) is 51.6 Å². The van der Waals surface area contributed by atoms with Crippen LogP contribution in [0, 0.1) is 11.8 Å². The van der Waals surface area contributed by atoms with E-state index in [1.54, 1.807) is 22.7 Å². The van der Waals surface area contributed by atoms with Crippen molar-refractivity contribution >= 4 is 34.5 Å². The Kier molecular flexibility index (Phi) is 6.94. The Morgan fingerprint density at radius 1 is 0.893 bits per heavy atom. The highest BCUT2D eigenvalue weighted by atomic mass is 32.1. The molecule has 0 aliphatic heterocycles. The van der Waals surface area contributed by atoms with Gasteiger partial charge in [0.05, 0.1) is 12.1 Å². The molecule has 2 amide bonds. The Labute approximate surface area is 176 Å². The van der Waals surface area contributed by atoms with E-state index in [9.17, 15) is 9.59 Å². The summed E-state index contributed by atoms with van der Waals surface area (Å²) in [5.41, 5.74) is 0. The number of rotatable bonds is 6. The minimum atomic E-state index is -0.0550. The molecular weight excluding hydrogens is 388 g/mol. The van der Waals surface area contributed by atoms with Crippen molar-refractivity contribution in [3.63, 3.8) is 0 Å². The molecule has 2 aromatic heterocycles. The lowest BCUT2D eigenvalue weighted by Gasteiger charge is -2.35. The van der Waals surface area contributed by atoms with Crippen LogP contribution in [-0.2, 0) is 9.59 Å². The van der Waals surface area contributed by atoms with Gasteiger partial charge in [-0.3, -0.25) is 9.59 Å². The smallest absolute Gasteiger partial charge is 0.225 e. The number of carbonyl (C=O) groups excluding carboxylic acids is 2. The maximum Gasteiger partial charge on any atom is 0.225 e. The average molecular weight is 419 g/mol. The van der Waals surface area contributed by atoms with Crippen molar-refractivity contribution in [2.75, 3.05) is 14.1 Å². The molecule has 1 aliphatic carbocycles. The largest absolute Gasteiger partial charge is 0.338 e. The maximum atomic E-state index is 13.1. The zero-order chi connectivity index (χ0) is 20.3. The lowest BCUT2D eigenvalue weighted by Crippen LogP contribution is -2.41. The Morgan fingerprint density at radius 3 is 1.68 bits per heavy atom. The average Bonchev–Trinajstić information content (AvgIpc) is 3.44. The van der Waals surface area contributed by atoms with Gasteiger partial charge in [-0.1, -0.05) is 18.6 Å². The van der Waals surface area contributed by atoms with Gasteiger partial charge in [-0.2, -0.15) is 0 Å². The second-order valence-electron chi connectivity index (χ2n) is 7.84. The van der Waals surface area contributed by atoms with Crippen molar-refractivity contribution in [1.82, 2.24) is 9.80 Å². The number of amides is 2. The van der Waals surface area contributed by atoms with Gasteiger partial charge in [0, 0.05) is 35.7 Å². The van der Waals surface area contributed by atoms with Crippen LogP contribution in [-0.4, -0.2) is 35.7 Å². The molecule has 4 unspecified atom stereocenters. The van der Waals surface area contributed by atoms with Crippen LogP contribution in [0.2, 0.25) is 0 Å². The molecule has 0 bridgehead atoms. The molecule has 3 rings (SSSR count). The molecule has 0 aromatic carbocycles. The van der Waals surface area contributed by atoms with Crippen LogP contribution < -0.4 is 0 Å². The van der Waals surface area contributed by atoms with Crippen LogP contribution in [0.1, 0.15) is 61.4 Å². The third-order valence-electron chi connectivity index (χ3n) is 6.14. The number of carbonyl (C=O) groups is 2. The second-order valence-corrected chi connectivity index (χ2v) is 9.80. The molecule has 4 nitrogen and oxygen atoms in total. The highest BCUT2D eigenvalue weighted by molar-refractivity contribution is 7.10. The minimum absolute atomic E-state index is 0.0550. The summed E-state index contributed by atoms with van der Waals surface area (Å²) in [5, 5.41) is 4.09. The first-order valence-electron chi connectivity index (χ1n) is 10.00. The monoisotopic (exact) mass is 418 g/mol. The standard InChI is InChI=1S/C22H30N2O2S2/c1-15(19-10-6-12-27-19)23(3)21(25)17-8-5-9-18(14-17)22(26)24(4)16(2)20-11-7-13-28-20/h6-7,10-13,15-18H,5,8-9,14H2,1-4H3. The Morgan fingerprint density at radius 2 is 1.32 bits per heavy atom. The van der Waals surface area contributed by atoms with Crippen molar-refractivity contribution in [3.8, 4) is 0 Å². The summed E-state index contributed by atoms with van der Waals surface area (Å²) in [6.07, 6.45) is 3.37. The number of nitrogens with zero attached hydrogens (tertiary/aromatic N) is 2. The summed E-state index contributed by atoms with van der Waals surface area (Å²) in [5.74, 6) is 0.237. The lowest BCUT2D eigenvalue weighted by atomic mass is 9.79. The molecule has 152 valence electrons. The Hall–Kier alpha value is -1.66. The van der Waals surface area contributed by atoms with Gasteiger partial charge in [-0.25, -0.2) is 0 Å². The minimum Gasteiger partial charge on any atom is -0.338 e. The highest BCUT2D eigenvalue weighted by Crippen LogP contribution is 2.35. The zero-order valence-electron chi connectivity index (χ0n) is 17.1. The van der Waals surface area contributed by atoms with Crippen LogP contribution in [0.5, 0.6) is 0 Å². The molecule has 0 spiro atoms. The molecule has 1 saturated carbocycles. The van der Waals surface area contributed by atoms with Gasteiger partial charge in [0.15, 0.2) is 0 Å². The van der Waals surface area contributed by atoms with Crippen LogP contribution in [0.3, 0.4) is 0 Å². The van der Waals surface area contributed by atoms with E-state index in [1.165, 1.54) is 9.75 Å². The number of hydrogen-bond donors (Lipinski definition) is 0. The predicted molar refractivity (Wildman–Crippen MR) is 116 cm³/mol. The normalized spacial score (nSPS) is 21.7. The molecular formula is C22H30N2O2S2. The Balaban J connectivity index is 1.63. The summed E-state index contributed by atoms with van der Waals surface area (Å²) in [4.78, 5) is 32.3. The Bertz CT molecular complexity index is 708. The van der Waals surface area contributed by atoms with Gasteiger partial charge >= 0.3 is 0 Å². The topological polar surface area (TPSA) is 40.6 Å². The molecule has 28 heavy (non-hydrogen) atoms. The third kappa shape index (κ3) is 4.49. The quantitative estimate of drug-likeness (QED) is 0.634. The number of thiophene rings is 2. The fourth-order valence-corrected chi connectivity index (χ4v) is 5.69. The first-order chi connectivity index (χ1) is 13.4. The van der Waals surface area contributed by atoms with E-state index in [2.05, 4.69) is 26.0 Å². The summed E-state index contributed by atoms with van der Waals surface area (Å²) >= 11 is 3.36. The van der Waals surface area contributed by atoms with Gasteiger partial charge < -0.3 is 9.80 Å². The first-order valence-corrected chi connectivity index (χ1v) is 11.8. The van der Waals surface area contributed by atoms with Crippen LogP contribution >= 0.6 is 22.7 Å². The van der Waals surface area contributed by atoms with E-state index in [-0.39, 0.29) is 35.7 Å². The van der Waals surface area contributed by atoms with Gasteiger partial charge in [0.25, 0.3) is 0 Å². The molecule has 4 atom stereocenters. The molecule has 1 aliphatic rings. The van der Waals surface area contributed by atoms with Crippen LogP contribution in [0.25, 0.3) is 0 Å². The van der Waals surface area contributed by atoms with Crippen LogP contribution in [0.4, 0.5) is 0 Å². The fourth-order valence-electron chi connectivity index (χ4n) is 4.04. The van der Waals surface area contributed by atoms with E-state index in [1.807, 2.05) is 46.8 Å². The zero-order valence-corrected chi connectivity index (χ0v) is 18.8. The fraction of sp³-hybridized carbons (Fsp3) is 0.545. The molecule has 0 radical (unpaired) electrons. The molecule has 0 N–H and O–H groups in total. The molecule has 1 fully saturated rings. The van der Waals surface area contributed by atoms with E-state index >= 15 is 0 Å². The lowest BCUT2D eigenvalue weighted by molar-refractivity contribution is -0.142. The van der Waals surface area contributed by atoms with Gasteiger partial charge in [-0.15, -0.1) is 22.7 Å². The van der Waals surface area contributed by atoms with E-state index < -0.39 is 0 Å². The molecule has 2 aromatic rings. The first kappa shape index (κ1) is 21.1. The van der Waals surface area contributed by atoms with E-state index in [4.69, 9.17) is 0 Å². The highest BCUT2D eigenvalue weighted by Gasteiger charge is 2.35.